The summed E-state index contributed by atoms with van der Waals surface area (Å²) in [7, 11) is 0. The van der Waals surface area contributed by atoms with Crippen LogP contribution in [0, 0.1) is 12.7 Å². The molecule has 0 unspecified atom stereocenters. The van der Waals surface area contributed by atoms with E-state index in [2.05, 4.69) is 20.6 Å². The van der Waals surface area contributed by atoms with E-state index in [1.807, 2.05) is 13.0 Å². The fourth-order valence-electron chi connectivity index (χ4n) is 1.86. The molecule has 104 valence electrons. The molecule has 6 heteroatoms. The third-order valence-electron chi connectivity index (χ3n) is 2.96. The van der Waals surface area contributed by atoms with Crippen LogP contribution in [0.25, 0.3) is 0 Å². The minimum atomic E-state index is -0.438. The molecular formula is C14H14ClFN4. The minimum Gasteiger partial charge on any atom is -0.367 e. The largest absolute Gasteiger partial charge is 0.367 e. The summed E-state index contributed by atoms with van der Waals surface area (Å²) >= 11 is 5.76. The van der Waals surface area contributed by atoms with E-state index in [0.717, 1.165) is 5.82 Å². The van der Waals surface area contributed by atoms with E-state index in [9.17, 15) is 4.39 Å². The number of aryl methyl sites for hydroxylation is 1. The third-order valence-corrected chi connectivity index (χ3v) is 3.25. The van der Waals surface area contributed by atoms with Crippen LogP contribution >= 0.6 is 11.6 Å². The zero-order valence-electron chi connectivity index (χ0n) is 11.0. The number of rotatable bonds is 4. The van der Waals surface area contributed by atoms with Gasteiger partial charge in [0, 0.05) is 17.8 Å². The molecule has 1 fully saturated rings. The summed E-state index contributed by atoms with van der Waals surface area (Å²) in [5, 5.41) is 6.51. The normalized spacial score (nSPS) is 14.2. The molecule has 2 N–H and O–H groups in total. The maximum atomic E-state index is 13.1. The molecule has 4 nitrogen and oxygen atoms in total. The summed E-state index contributed by atoms with van der Waals surface area (Å²) in [6, 6.07) is 6.83. The van der Waals surface area contributed by atoms with Crippen LogP contribution in [0.2, 0.25) is 5.02 Å². The molecule has 1 aromatic heterocycles. The van der Waals surface area contributed by atoms with Crippen molar-refractivity contribution in [2.24, 2.45) is 0 Å². The van der Waals surface area contributed by atoms with Gasteiger partial charge in [-0.2, -0.15) is 0 Å². The number of benzene rings is 1. The van der Waals surface area contributed by atoms with E-state index in [1.54, 1.807) is 6.07 Å². The Morgan fingerprint density at radius 3 is 2.65 bits per heavy atom. The van der Waals surface area contributed by atoms with Crippen molar-refractivity contribution in [2.45, 2.75) is 25.8 Å². The molecule has 0 atom stereocenters. The summed E-state index contributed by atoms with van der Waals surface area (Å²) in [5.74, 6) is 1.69. The van der Waals surface area contributed by atoms with Crippen molar-refractivity contribution in [3.05, 3.63) is 40.9 Å². The number of aromatic nitrogens is 2. The van der Waals surface area contributed by atoms with Crippen LogP contribution < -0.4 is 10.6 Å². The summed E-state index contributed by atoms with van der Waals surface area (Å²) < 4.78 is 13.1. The van der Waals surface area contributed by atoms with E-state index >= 15 is 0 Å². The van der Waals surface area contributed by atoms with Crippen LogP contribution in [-0.2, 0) is 0 Å². The zero-order chi connectivity index (χ0) is 14.1. The highest BCUT2D eigenvalue weighted by Gasteiger charge is 2.21. The molecule has 0 aliphatic heterocycles. The lowest BCUT2D eigenvalue weighted by molar-refractivity contribution is 0.628. The number of nitrogens with zero attached hydrogens (tertiary/aromatic N) is 2. The number of hydrogen-bond donors (Lipinski definition) is 2. The topological polar surface area (TPSA) is 49.8 Å². The number of anilines is 3. The molecule has 1 heterocycles. The average molecular weight is 293 g/mol. The fourth-order valence-corrected chi connectivity index (χ4v) is 2.04. The molecule has 1 aliphatic carbocycles. The van der Waals surface area contributed by atoms with Gasteiger partial charge in [0.1, 0.15) is 23.3 Å². The molecule has 1 saturated carbocycles. The number of nitrogens with one attached hydrogen (secondary N) is 2. The van der Waals surface area contributed by atoms with Crippen molar-refractivity contribution in [1.29, 1.82) is 0 Å². The lowest BCUT2D eigenvalue weighted by Crippen LogP contribution is -2.06. The number of halogens is 2. The molecule has 0 spiro atoms. The van der Waals surface area contributed by atoms with Gasteiger partial charge in [-0.3, -0.25) is 0 Å². The molecule has 0 bridgehead atoms. The van der Waals surface area contributed by atoms with Crippen LogP contribution in [-0.4, -0.2) is 16.0 Å². The first-order valence-corrected chi connectivity index (χ1v) is 6.82. The van der Waals surface area contributed by atoms with Crippen LogP contribution in [0.1, 0.15) is 18.7 Å². The van der Waals surface area contributed by atoms with E-state index < -0.39 is 5.82 Å². The second-order valence-corrected chi connectivity index (χ2v) is 5.27. The van der Waals surface area contributed by atoms with Gasteiger partial charge in [0.25, 0.3) is 0 Å². The van der Waals surface area contributed by atoms with Gasteiger partial charge in [-0.1, -0.05) is 11.6 Å². The predicted octanol–water partition coefficient (Wildman–Crippen LogP) is 3.90. The molecule has 20 heavy (non-hydrogen) atoms. The molecule has 1 aromatic carbocycles. The summed E-state index contributed by atoms with van der Waals surface area (Å²) in [4.78, 5) is 8.65. The van der Waals surface area contributed by atoms with Crippen molar-refractivity contribution in [3.8, 4) is 0 Å². The first-order chi connectivity index (χ1) is 9.60. The van der Waals surface area contributed by atoms with Crippen LogP contribution in [0.3, 0.4) is 0 Å². The van der Waals surface area contributed by atoms with E-state index in [4.69, 9.17) is 11.6 Å². The Balaban J connectivity index is 1.81. The quantitative estimate of drug-likeness (QED) is 0.897. The van der Waals surface area contributed by atoms with Gasteiger partial charge in [-0.25, -0.2) is 14.4 Å². The Hall–Kier alpha value is -1.88. The Kier molecular flexibility index (Phi) is 3.44. The molecule has 0 saturated heterocycles. The third kappa shape index (κ3) is 3.17. The molecule has 3 rings (SSSR count). The first-order valence-electron chi connectivity index (χ1n) is 6.44. The lowest BCUT2D eigenvalue weighted by atomic mass is 10.3. The standard InChI is InChI=1S/C14H14ClFN4/c1-8-17-13(19-9-2-3-9)7-14(18-8)20-10-4-5-12(16)11(15)6-10/h4-7,9H,2-3H2,1H3,(H2,17,18,19,20). The fraction of sp³-hybridized carbons (Fsp3) is 0.286. The predicted molar refractivity (Wildman–Crippen MR) is 78.1 cm³/mol. The molecule has 1 aliphatic rings. The highest BCUT2D eigenvalue weighted by atomic mass is 35.5. The van der Waals surface area contributed by atoms with Crippen molar-refractivity contribution in [1.82, 2.24) is 9.97 Å². The molecule has 2 aromatic rings. The molecule has 0 amide bonds. The Labute approximate surface area is 121 Å². The maximum absolute atomic E-state index is 13.1. The smallest absolute Gasteiger partial charge is 0.141 e. The van der Waals surface area contributed by atoms with Crippen LogP contribution in [0.4, 0.5) is 21.7 Å². The second kappa shape index (κ2) is 5.25. The van der Waals surface area contributed by atoms with Gasteiger partial charge in [-0.15, -0.1) is 0 Å². The van der Waals surface area contributed by atoms with Crippen molar-refractivity contribution in [2.75, 3.05) is 10.6 Å². The first kappa shape index (κ1) is 13.1. The Morgan fingerprint density at radius 2 is 1.95 bits per heavy atom. The van der Waals surface area contributed by atoms with Crippen LogP contribution in [0.5, 0.6) is 0 Å². The highest BCUT2D eigenvalue weighted by Crippen LogP contribution is 2.26. The van der Waals surface area contributed by atoms with Crippen molar-refractivity contribution in [3.63, 3.8) is 0 Å². The summed E-state index contributed by atoms with van der Waals surface area (Å²) in [6.45, 7) is 1.83. The van der Waals surface area contributed by atoms with Gasteiger partial charge >= 0.3 is 0 Å². The Morgan fingerprint density at radius 1 is 1.20 bits per heavy atom. The lowest BCUT2D eigenvalue weighted by Gasteiger charge is -2.10. The van der Waals surface area contributed by atoms with Gasteiger partial charge in [0.2, 0.25) is 0 Å². The SMILES string of the molecule is Cc1nc(Nc2ccc(F)c(Cl)c2)cc(NC2CC2)n1. The number of hydrogen-bond acceptors (Lipinski definition) is 4. The van der Waals surface area contributed by atoms with E-state index in [-0.39, 0.29) is 5.02 Å². The maximum Gasteiger partial charge on any atom is 0.141 e. The monoisotopic (exact) mass is 292 g/mol. The summed E-state index contributed by atoms with van der Waals surface area (Å²) in [6.07, 6.45) is 2.36. The van der Waals surface area contributed by atoms with Gasteiger partial charge in [0.15, 0.2) is 0 Å². The van der Waals surface area contributed by atoms with E-state index in [0.29, 0.717) is 23.4 Å². The van der Waals surface area contributed by atoms with E-state index in [1.165, 1.54) is 25.0 Å². The van der Waals surface area contributed by atoms with Crippen molar-refractivity contribution >= 4 is 28.9 Å². The van der Waals surface area contributed by atoms with Gasteiger partial charge < -0.3 is 10.6 Å². The Bertz CT molecular complexity index is 643. The molecular weight excluding hydrogens is 279 g/mol. The van der Waals surface area contributed by atoms with Crippen molar-refractivity contribution < 1.29 is 4.39 Å². The molecule has 0 radical (unpaired) electrons. The summed E-state index contributed by atoms with van der Waals surface area (Å²) in [5.41, 5.74) is 0.687. The minimum absolute atomic E-state index is 0.0807. The van der Waals surface area contributed by atoms with Crippen LogP contribution in [0.15, 0.2) is 24.3 Å². The second-order valence-electron chi connectivity index (χ2n) is 4.86. The van der Waals surface area contributed by atoms with Gasteiger partial charge in [0.05, 0.1) is 5.02 Å². The highest BCUT2D eigenvalue weighted by molar-refractivity contribution is 6.31. The zero-order valence-corrected chi connectivity index (χ0v) is 11.7. The average Bonchev–Trinajstić information content (AvgIpc) is 3.17. The van der Waals surface area contributed by atoms with Gasteiger partial charge in [-0.05, 0) is 38.0 Å².